The molecule has 1 aromatic heterocycles. The summed E-state index contributed by atoms with van der Waals surface area (Å²) in [4.78, 5) is 24.3. The van der Waals surface area contributed by atoms with Crippen molar-refractivity contribution in [2.75, 3.05) is 48.9 Å². The Balaban J connectivity index is 1.28. The first-order valence-electron chi connectivity index (χ1n) is 12.4. The lowest BCUT2D eigenvalue weighted by atomic mass is 9.75. The van der Waals surface area contributed by atoms with Gasteiger partial charge in [-0.1, -0.05) is 17.8 Å². The molecule has 2 saturated heterocycles. The lowest BCUT2D eigenvalue weighted by molar-refractivity contribution is -0.141. The van der Waals surface area contributed by atoms with Crippen molar-refractivity contribution in [1.82, 2.24) is 14.7 Å². The van der Waals surface area contributed by atoms with E-state index in [1.165, 1.54) is 19.2 Å². The van der Waals surface area contributed by atoms with E-state index in [4.69, 9.17) is 10.5 Å². The largest absolute Gasteiger partial charge is 0.598 e. The summed E-state index contributed by atoms with van der Waals surface area (Å²) in [5.41, 5.74) is 5.96. The van der Waals surface area contributed by atoms with Gasteiger partial charge in [-0.2, -0.15) is 8.78 Å². The Labute approximate surface area is 228 Å². The highest BCUT2D eigenvalue weighted by molar-refractivity contribution is 7.99. The van der Waals surface area contributed by atoms with Crippen LogP contribution in [0.2, 0.25) is 0 Å². The van der Waals surface area contributed by atoms with Crippen molar-refractivity contribution in [2.45, 2.75) is 60.2 Å². The molecule has 9 nitrogen and oxygen atoms in total. The summed E-state index contributed by atoms with van der Waals surface area (Å²) in [6.07, 6.45) is 3.26. The Hall–Kier alpha value is -2.19. The second-order valence-corrected chi connectivity index (χ2v) is 14.1. The summed E-state index contributed by atoms with van der Waals surface area (Å²) < 4.78 is 50.9. The SMILES string of the molecule is CN1C(=O)C(F)(F)c2c(Sc3ncc(N4CCC5(CC4)COCC5N[S+]([O-])C(C)(C)C)nc3N)cccc21. The van der Waals surface area contributed by atoms with Crippen LogP contribution in [0.5, 0.6) is 0 Å². The number of nitrogen functional groups attached to an aromatic ring is 1. The van der Waals surface area contributed by atoms with Gasteiger partial charge in [0.2, 0.25) is 0 Å². The molecule has 1 amide bonds. The molecular formula is C25H32F2N6O3S2. The fraction of sp³-hybridized carbons (Fsp3) is 0.560. The molecular weight excluding hydrogens is 534 g/mol. The fourth-order valence-electron chi connectivity index (χ4n) is 5.14. The number of likely N-dealkylation sites (N-methyl/N-ethyl adjacent to an activating group) is 1. The van der Waals surface area contributed by atoms with Crippen LogP contribution in [-0.4, -0.2) is 64.6 Å². The van der Waals surface area contributed by atoms with E-state index in [9.17, 15) is 18.1 Å². The summed E-state index contributed by atoms with van der Waals surface area (Å²) in [7, 11) is 1.34. The van der Waals surface area contributed by atoms with Crippen LogP contribution in [0.4, 0.5) is 26.1 Å². The molecule has 1 aromatic carbocycles. The van der Waals surface area contributed by atoms with Gasteiger partial charge >= 0.3 is 11.8 Å². The monoisotopic (exact) mass is 566 g/mol. The highest BCUT2D eigenvalue weighted by Crippen LogP contribution is 2.49. The van der Waals surface area contributed by atoms with Crippen LogP contribution in [0, 0.1) is 5.41 Å². The summed E-state index contributed by atoms with van der Waals surface area (Å²) in [6, 6.07) is 4.66. The third-order valence-electron chi connectivity index (χ3n) is 7.51. The molecule has 2 atom stereocenters. The normalized spacial score (nSPS) is 23.2. The van der Waals surface area contributed by atoms with Crippen molar-refractivity contribution in [3.63, 3.8) is 0 Å². The zero-order chi connectivity index (χ0) is 27.5. The summed E-state index contributed by atoms with van der Waals surface area (Å²) in [6.45, 7) is 8.40. The Bertz CT molecular complexity index is 1240. The average Bonchev–Trinajstić information content (AvgIpc) is 3.32. The van der Waals surface area contributed by atoms with Gasteiger partial charge in [0.1, 0.15) is 15.6 Å². The quantitative estimate of drug-likeness (QED) is 0.525. The van der Waals surface area contributed by atoms with Crippen LogP contribution in [0.1, 0.15) is 39.2 Å². The van der Waals surface area contributed by atoms with Gasteiger partial charge in [0.25, 0.3) is 0 Å². The van der Waals surface area contributed by atoms with E-state index in [0.717, 1.165) is 29.5 Å². The van der Waals surface area contributed by atoms with Gasteiger partial charge in [-0.25, -0.2) is 9.97 Å². The molecule has 5 rings (SSSR count). The molecule has 0 aliphatic carbocycles. The average molecular weight is 567 g/mol. The van der Waals surface area contributed by atoms with E-state index in [1.807, 2.05) is 20.8 Å². The number of benzene rings is 1. The number of anilines is 3. The minimum absolute atomic E-state index is 0.0105. The number of nitrogens with one attached hydrogen (secondary N) is 1. The van der Waals surface area contributed by atoms with Crippen molar-refractivity contribution in [3.8, 4) is 0 Å². The van der Waals surface area contributed by atoms with Crippen LogP contribution in [0.25, 0.3) is 0 Å². The van der Waals surface area contributed by atoms with Gasteiger partial charge < -0.3 is 24.8 Å². The van der Waals surface area contributed by atoms with Gasteiger partial charge in [0.05, 0.1) is 36.7 Å². The number of alkyl halides is 2. The maximum atomic E-state index is 14.7. The maximum absolute atomic E-state index is 14.7. The Kier molecular flexibility index (Phi) is 7.04. The number of fused-ring (bicyclic) bond motifs is 1. The zero-order valence-electron chi connectivity index (χ0n) is 21.8. The lowest BCUT2D eigenvalue weighted by Gasteiger charge is -2.42. The van der Waals surface area contributed by atoms with Crippen molar-refractivity contribution in [3.05, 3.63) is 30.0 Å². The molecule has 206 valence electrons. The molecule has 0 bridgehead atoms. The van der Waals surface area contributed by atoms with Crippen LogP contribution in [-0.2, 0) is 26.8 Å². The predicted octanol–water partition coefficient (Wildman–Crippen LogP) is 3.32. The second-order valence-electron chi connectivity index (χ2n) is 11.0. The standard InChI is InChI=1S/C25H32F2N6O3S2/c1-23(2,3)38(35)31-17-13-36-14-24(17)8-10-33(11-9-24)18-12-29-21(20(28)30-18)37-16-7-5-6-15-19(16)25(26,27)22(34)32(15)4/h5-7,12,17,31H,8-11,13-14H2,1-4H3,(H2,28,30). The minimum atomic E-state index is -3.62. The van der Waals surface area contributed by atoms with Crippen LogP contribution in [0.3, 0.4) is 0 Å². The molecule has 38 heavy (non-hydrogen) atoms. The van der Waals surface area contributed by atoms with Gasteiger partial charge in [-0.3, -0.25) is 4.79 Å². The topological polar surface area (TPSA) is 120 Å². The van der Waals surface area contributed by atoms with Gasteiger partial charge in [-0.15, -0.1) is 4.72 Å². The molecule has 0 saturated carbocycles. The molecule has 2 fully saturated rings. The number of piperidine rings is 1. The molecule has 1 spiro atoms. The van der Waals surface area contributed by atoms with Crippen molar-refractivity contribution in [1.29, 1.82) is 0 Å². The van der Waals surface area contributed by atoms with E-state index < -0.39 is 23.2 Å². The molecule has 13 heteroatoms. The van der Waals surface area contributed by atoms with Gasteiger partial charge in [0, 0.05) is 41.8 Å². The number of aromatic nitrogens is 2. The van der Waals surface area contributed by atoms with E-state index in [1.54, 1.807) is 12.3 Å². The molecule has 3 aliphatic heterocycles. The Morgan fingerprint density at radius 3 is 2.66 bits per heavy atom. The molecule has 3 N–H and O–H groups in total. The smallest absolute Gasteiger partial charge is 0.353 e. The van der Waals surface area contributed by atoms with Crippen molar-refractivity contribution >= 4 is 46.4 Å². The molecule has 4 heterocycles. The molecule has 2 unspecified atom stereocenters. The molecule has 2 aromatic rings. The third kappa shape index (κ3) is 4.72. The van der Waals surface area contributed by atoms with Crippen molar-refractivity contribution < 1.29 is 22.9 Å². The highest BCUT2D eigenvalue weighted by Gasteiger charge is 2.53. The summed E-state index contributed by atoms with van der Waals surface area (Å²) in [5, 5.41) is 0.298. The molecule has 3 aliphatic rings. The van der Waals surface area contributed by atoms with Gasteiger partial charge in [0.15, 0.2) is 5.82 Å². The first-order valence-corrected chi connectivity index (χ1v) is 14.4. The van der Waals surface area contributed by atoms with E-state index in [2.05, 4.69) is 19.6 Å². The summed E-state index contributed by atoms with van der Waals surface area (Å²) >= 11 is -0.210. The number of halogens is 2. The predicted molar refractivity (Wildman–Crippen MR) is 144 cm³/mol. The maximum Gasteiger partial charge on any atom is 0.353 e. The number of nitrogens with zero attached hydrogens (tertiary/aromatic N) is 4. The lowest BCUT2D eigenvalue weighted by Crippen LogP contribution is -2.55. The highest BCUT2D eigenvalue weighted by atomic mass is 32.2. The number of carbonyl (C=O) groups is 1. The van der Waals surface area contributed by atoms with Crippen molar-refractivity contribution in [2.24, 2.45) is 5.41 Å². The first kappa shape index (κ1) is 27.4. The number of carbonyl (C=O) groups excluding carboxylic acids is 1. The Morgan fingerprint density at radius 1 is 1.29 bits per heavy atom. The first-order chi connectivity index (χ1) is 17.8. The number of nitrogens with two attached hydrogens (primary N) is 1. The number of hydrogen-bond donors (Lipinski definition) is 2. The number of hydrogen-bond acceptors (Lipinski definition) is 9. The number of amides is 1. The fourth-order valence-corrected chi connectivity index (χ4v) is 7.02. The van der Waals surface area contributed by atoms with Gasteiger partial charge in [-0.05, 0) is 45.7 Å². The second kappa shape index (κ2) is 9.77. The van der Waals surface area contributed by atoms with E-state index in [-0.39, 0.29) is 38.2 Å². The number of ether oxygens (including phenoxy) is 1. The van der Waals surface area contributed by atoms with Crippen LogP contribution >= 0.6 is 11.8 Å². The third-order valence-corrected chi connectivity index (χ3v) is 10.2. The summed E-state index contributed by atoms with van der Waals surface area (Å²) in [5.74, 6) is -4.12. The van der Waals surface area contributed by atoms with E-state index >= 15 is 0 Å². The number of rotatable bonds is 5. The minimum Gasteiger partial charge on any atom is -0.598 e. The Morgan fingerprint density at radius 2 is 2.00 bits per heavy atom. The van der Waals surface area contributed by atoms with Crippen LogP contribution in [0.15, 0.2) is 34.3 Å². The van der Waals surface area contributed by atoms with E-state index in [0.29, 0.717) is 37.1 Å². The zero-order valence-corrected chi connectivity index (χ0v) is 23.4. The molecule has 0 radical (unpaired) electrons. The van der Waals surface area contributed by atoms with Crippen LogP contribution < -0.4 is 20.3 Å².